The van der Waals surface area contributed by atoms with Gasteiger partial charge in [-0.25, -0.2) is 0 Å². The van der Waals surface area contributed by atoms with E-state index in [0.29, 0.717) is 6.04 Å². The smallest absolute Gasteiger partial charge is 0.0374 e. The normalized spacial score (nSPS) is 24.6. The van der Waals surface area contributed by atoms with E-state index in [1.165, 1.54) is 48.9 Å². The van der Waals surface area contributed by atoms with Crippen molar-refractivity contribution in [2.75, 3.05) is 5.32 Å². The van der Waals surface area contributed by atoms with Crippen LogP contribution in [0, 0.1) is 19.8 Å². The highest BCUT2D eigenvalue weighted by atomic mass is 14.9. The molecule has 94 valence electrons. The maximum Gasteiger partial charge on any atom is 0.0374 e. The average Bonchev–Trinajstić information content (AvgIpc) is 2.34. The Labute approximate surface area is 106 Å². The Kier molecular flexibility index (Phi) is 4.09. The minimum Gasteiger partial charge on any atom is -0.382 e. The van der Waals surface area contributed by atoms with Gasteiger partial charge < -0.3 is 5.32 Å². The molecule has 0 aromatic heterocycles. The molecule has 0 radical (unpaired) electrons. The Bertz CT molecular complexity index is 370. The predicted molar refractivity (Wildman–Crippen MR) is 75.6 cm³/mol. The van der Waals surface area contributed by atoms with Crippen molar-refractivity contribution in [3.8, 4) is 0 Å². The number of hydrogen-bond acceptors (Lipinski definition) is 1. The van der Waals surface area contributed by atoms with Gasteiger partial charge in [0.25, 0.3) is 0 Å². The Hall–Kier alpha value is -0.980. The molecule has 1 aliphatic carbocycles. The van der Waals surface area contributed by atoms with Crippen molar-refractivity contribution < 1.29 is 0 Å². The van der Waals surface area contributed by atoms with E-state index >= 15 is 0 Å². The zero-order valence-corrected chi connectivity index (χ0v) is 11.4. The van der Waals surface area contributed by atoms with Crippen LogP contribution in [-0.4, -0.2) is 6.04 Å². The lowest BCUT2D eigenvalue weighted by Gasteiger charge is -2.30. The van der Waals surface area contributed by atoms with Crippen LogP contribution in [0.1, 0.15) is 50.2 Å². The number of nitrogens with one attached hydrogen (secondary N) is 1. The lowest BCUT2D eigenvalue weighted by atomic mass is 9.84. The lowest BCUT2D eigenvalue weighted by Crippen LogP contribution is -2.27. The van der Waals surface area contributed by atoms with Crippen LogP contribution >= 0.6 is 0 Å². The van der Waals surface area contributed by atoms with Crippen LogP contribution < -0.4 is 5.32 Å². The first-order valence-electron chi connectivity index (χ1n) is 7.03. The third-order valence-electron chi connectivity index (χ3n) is 4.11. The molecule has 2 atom stereocenters. The van der Waals surface area contributed by atoms with Gasteiger partial charge in [0.2, 0.25) is 0 Å². The molecule has 2 rings (SSSR count). The molecule has 0 amide bonds. The summed E-state index contributed by atoms with van der Waals surface area (Å²) >= 11 is 0. The number of benzene rings is 1. The quantitative estimate of drug-likeness (QED) is 0.796. The van der Waals surface area contributed by atoms with Crippen molar-refractivity contribution in [2.24, 2.45) is 5.92 Å². The largest absolute Gasteiger partial charge is 0.382 e. The van der Waals surface area contributed by atoms with E-state index in [-0.39, 0.29) is 0 Å². The first kappa shape index (κ1) is 12.5. The van der Waals surface area contributed by atoms with Gasteiger partial charge in [0.05, 0.1) is 0 Å². The van der Waals surface area contributed by atoms with E-state index in [1.54, 1.807) is 0 Å². The molecule has 1 aliphatic rings. The second kappa shape index (κ2) is 5.57. The fourth-order valence-electron chi connectivity index (χ4n) is 2.90. The van der Waals surface area contributed by atoms with Gasteiger partial charge in [0.1, 0.15) is 0 Å². The summed E-state index contributed by atoms with van der Waals surface area (Å²) in [5.74, 6) is 0.936. The van der Waals surface area contributed by atoms with Gasteiger partial charge in [-0.15, -0.1) is 0 Å². The second-order valence-corrected chi connectivity index (χ2v) is 5.60. The molecule has 1 aromatic rings. The Morgan fingerprint density at radius 2 is 2.06 bits per heavy atom. The standard InChI is InChI=1S/C16H25N/c1-4-14-6-5-7-15(11-14)17-16-10-12(2)8-9-13(16)3/h8-10,14-15,17H,4-7,11H2,1-3H3. The fraction of sp³-hybridized carbons (Fsp3) is 0.625. The minimum absolute atomic E-state index is 0.689. The summed E-state index contributed by atoms with van der Waals surface area (Å²) in [6.07, 6.45) is 6.85. The van der Waals surface area contributed by atoms with Gasteiger partial charge in [0.15, 0.2) is 0 Å². The fourth-order valence-corrected chi connectivity index (χ4v) is 2.90. The van der Waals surface area contributed by atoms with Crippen LogP contribution in [0.3, 0.4) is 0 Å². The third-order valence-corrected chi connectivity index (χ3v) is 4.11. The van der Waals surface area contributed by atoms with E-state index in [2.05, 4.69) is 44.3 Å². The van der Waals surface area contributed by atoms with Crippen molar-refractivity contribution >= 4 is 5.69 Å². The molecule has 0 heterocycles. The molecule has 1 aromatic carbocycles. The molecule has 1 fully saturated rings. The van der Waals surface area contributed by atoms with E-state index < -0.39 is 0 Å². The summed E-state index contributed by atoms with van der Waals surface area (Å²) in [4.78, 5) is 0. The van der Waals surface area contributed by atoms with Gasteiger partial charge in [-0.2, -0.15) is 0 Å². The molecule has 0 aliphatic heterocycles. The van der Waals surface area contributed by atoms with Crippen molar-refractivity contribution in [3.63, 3.8) is 0 Å². The number of aryl methyl sites for hydroxylation is 2. The first-order chi connectivity index (χ1) is 8.19. The number of rotatable bonds is 3. The SMILES string of the molecule is CCC1CCCC(Nc2cc(C)ccc2C)C1. The van der Waals surface area contributed by atoms with Gasteiger partial charge in [-0.05, 0) is 49.8 Å². The molecule has 0 saturated heterocycles. The van der Waals surface area contributed by atoms with Crippen LogP contribution in [0.15, 0.2) is 18.2 Å². The van der Waals surface area contributed by atoms with Crippen molar-refractivity contribution in [1.82, 2.24) is 0 Å². The van der Waals surface area contributed by atoms with Gasteiger partial charge in [-0.3, -0.25) is 0 Å². The molecular formula is C16H25N. The first-order valence-corrected chi connectivity index (χ1v) is 7.03. The van der Waals surface area contributed by atoms with E-state index in [9.17, 15) is 0 Å². The van der Waals surface area contributed by atoms with E-state index in [0.717, 1.165) is 5.92 Å². The van der Waals surface area contributed by atoms with Crippen LogP contribution in [0.4, 0.5) is 5.69 Å². The second-order valence-electron chi connectivity index (χ2n) is 5.60. The topological polar surface area (TPSA) is 12.0 Å². The Morgan fingerprint density at radius 3 is 2.82 bits per heavy atom. The van der Waals surface area contributed by atoms with Crippen LogP contribution in [-0.2, 0) is 0 Å². The predicted octanol–water partition coefficient (Wildman–Crippen LogP) is 4.68. The molecule has 1 saturated carbocycles. The van der Waals surface area contributed by atoms with Crippen LogP contribution in [0.5, 0.6) is 0 Å². The summed E-state index contributed by atoms with van der Waals surface area (Å²) in [6, 6.07) is 7.38. The maximum atomic E-state index is 3.75. The molecular weight excluding hydrogens is 206 g/mol. The third kappa shape index (κ3) is 3.24. The highest BCUT2D eigenvalue weighted by Gasteiger charge is 2.20. The van der Waals surface area contributed by atoms with E-state index in [1.807, 2.05) is 0 Å². The van der Waals surface area contributed by atoms with Gasteiger partial charge in [-0.1, -0.05) is 38.3 Å². The molecule has 0 bridgehead atoms. The molecule has 17 heavy (non-hydrogen) atoms. The Morgan fingerprint density at radius 1 is 1.24 bits per heavy atom. The molecule has 1 nitrogen and oxygen atoms in total. The summed E-state index contributed by atoms with van der Waals surface area (Å²) in [5, 5.41) is 3.75. The monoisotopic (exact) mass is 231 g/mol. The summed E-state index contributed by atoms with van der Waals surface area (Å²) in [7, 11) is 0. The molecule has 2 unspecified atom stereocenters. The van der Waals surface area contributed by atoms with Gasteiger partial charge in [0, 0.05) is 11.7 Å². The molecule has 0 spiro atoms. The van der Waals surface area contributed by atoms with Crippen molar-refractivity contribution in [2.45, 2.75) is 58.9 Å². The maximum absolute atomic E-state index is 3.75. The van der Waals surface area contributed by atoms with Crippen LogP contribution in [0.2, 0.25) is 0 Å². The average molecular weight is 231 g/mol. The van der Waals surface area contributed by atoms with Gasteiger partial charge >= 0.3 is 0 Å². The zero-order chi connectivity index (χ0) is 12.3. The number of anilines is 1. The van der Waals surface area contributed by atoms with Crippen molar-refractivity contribution in [1.29, 1.82) is 0 Å². The molecule has 1 heteroatoms. The summed E-state index contributed by atoms with van der Waals surface area (Å²) in [5.41, 5.74) is 4.06. The van der Waals surface area contributed by atoms with Crippen LogP contribution in [0.25, 0.3) is 0 Å². The highest BCUT2D eigenvalue weighted by Crippen LogP contribution is 2.29. The number of hydrogen-bond donors (Lipinski definition) is 1. The van der Waals surface area contributed by atoms with Crippen molar-refractivity contribution in [3.05, 3.63) is 29.3 Å². The molecule has 1 N–H and O–H groups in total. The minimum atomic E-state index is 0.689. The lowest BCUT2D eigenvalue weighted by molar-refractivity contribution is 0.327. The summed E-state index contributed by atoms with van der Waals surface area (Å²) in [6.45, 7) is 6.69. The summed E-state index contributed by atoms with van der Waals surface area (Å²) < 4.78 is 0. The Balaban J connectivity index is 2.02. The van der Waals surface area contributed by atoms with E-state index in [4.69, 9.17) is 0 Å². The highest BCUT2D eigenvalue weighted by molar-refractivity contribution is 5.53. The zero-order valence-electron chi connectivity index (χ0n) is 11.4.